The lowest BCUT2D eigenvalue weighted by Gasteiger charge is -2.33. The molecule has 0 aliphatic rings. The first kappa shape index (κ1) is 16.3. The summed E-state index contributed by atoms with van der Waals surface area (Å²) in [4.78, 5) is 11.8. The van der Waals surface area contributed by atoms with Crippen molar-refractivity contribution < 1.29 is 4.79 Å². The van der Waals surface area contributed by atoms with Gasteiger partial charge in [0.1, 0.15) is 0 Å². The second-order valence-corrected chi connectivity index (χ2v) is 5.13. The summed E-state index contributed by atoms with van der Waals surface area (Å²) in [5.41, 5.74) is 8.28. The lowest BCUT2D eigenvalue weighted by Crippen LogP contribution is -2.36. The Bertz CT molecular complexity index is 445. The molecular formula is C16H27N3O. The zero-order chi connectivity index (χ0) is 15.2. The molecule has 0 heterocycles. The van der Waals surface area contributed by atoms with Gasteiger partial charge in [0.15, 0.2) is 0 Å². The van der Waals surface area contributed by atoms with Crippen molar-refractivity contribution in [1.82, 2.24) is 5.32 Å². The summed E-state index contributed by atoms with van der Waals surface area (Å²) in [7, 11) is 0. The number of carbonyl (C=O) groups is 1. The molecule has 0 atom stereocenters. The van der Waals surface area contributed by atoms with E-state index >= 15 is 0 Å². The smallest absolute Gasteiger partial charge is 0.251 e. The molecule has 0 spiro atoms. The van der Waals surface area contributed by atoms with Crippen LogP contribution in [0.3, 0.4) is 0 Å². The maximum atomic E-state index is 11.8. The molecule has 4 nitrogen and oxygen atoms in total. The van der Waals surface area contributed by atoms with E-state index in [0.29, 0.717) is 17.8 Å². The molecule has 0 aliphatic heterocycles. The molecule has 4 N–H and O–H groups in total. The van der Waals surface area contributed by atoms with Gasteiger partial charge in [-0.05, 0) is 44.4 Å². The van der Waals surface area contributed by atoms with Gasteiger partial charge < -0.3 is 16.4 Å². The van der Waals surface area contributed by atoms with Crippen molar-refractivity contribution in [2.24, 2.45) is 0 Å². The van der Waals surface area contributed by atoms with E-state index < -0.39 is 0 Å². The Morgan fingerprint density at radius 3 is 2.20 bits per heavy atom. The van der Waals surface area contributed by atoms with Gasteiger partial charge in [-0.15, -0.1) is 0 Å². The maximum Gasteiger partial charge on any atom is 0.251 e. The maximum absolute atomic E-state index is 11.8. The highest BCUT2D eigenvalue weighted by molar-refractivity contribution is 5.96. The van der Waals surface area contributed by atoms with Crippen LogP contribution in [0.1, 0.15) is 57.3 Å². The molecule has 0 aliphatic carbocycles. The molecule has 1 aromatic rings. The van der Waals surface area contributed by atoms with E-state index in [1.165, 1.54) is 0 Å². The summed E-state index contributed by atoms with van der Waals surface area (Å²) in [6.45, 7) is 9.05. The molecule has 0 radical (unpaired) electrons. The normalized spacial score (nSPS) is 11.2. The van der Waals surface area contributed by atoms with Gasteiger partial charge in [-0.2, -0.15) is 0 Å². The summed E-state index contributed by atoms with van der Waals surface area (Å²) < 4.78 is 0. The minimum Gasteiger partial charge on any atom is -0.397 e. The summed E-state index contributed by atoms with van der Waals surface area (Å²) in [6, 6.07) is 5.45. The molecule has 1 amide bonds. The largest absolute Gasteiger partial charge is 0.397 e. The van der Waals surface area contributed by atoms with Crippen LogP contribution in [0.15, 0.2) is 18.2 Å². The Balaban J connectivity index is 2.96. The van der Waals surface area contributed by atoms with Crippen molar-refractivity contribution in [1.29, 1.82) is 0 Å². The highest BCUT2D eigenvalue weighted by atomic mass is 16.1. The van der Waals surface area contributed by atoms with Crippen molar-refractivity contribution in [3.05, 3.63) is 23.8 Å². The zero-order valence-electron chi connectivity index (χ0n) is 13.0. The van der Waals surface area contributed by atoms with Crippen LogP contribution in [-0.2, 0) is 0 Å². The predicted molar refractivity (Wildman–Crippen MR) is 86.1 cm³/mol. The van der Waals surface area contributed by atoms with Crippen molar-refractivity contribution >= 4 is 17.3 Å². The molecule has 1 rings (SSSR count). The van der Waals surface area contributed by atoms with Gasteiger partial charge in [0.2, 0.25) is 0 Å². The van der Waals surface area contributed by atoms with E-state index in [1.807, 2.05) is 19.1 Å². The van der Waals surface area contributed by atoms with E-state index in [2.05, 4.69) is 31.4 Å². The molecule has 0 saturated heterocycles. The molecule has 1 aromatic carbocycles. The van der Waals surface area contributed by atoms with Gasteiger partial charge in [0.25, 0.3) is 5.91 Å². The van der Waals surface area contributed by atoms with Crippen molar-refractivity contribution in [2.45, 2.75) is 52.5 Å². The van der Waals surface area contributed by atoms with E-state index in [-0.39, 0.29) is 11.4 Å². The van der Waals surface area contributed by atoms with Gasteiger partial charge >= 0.3 is 0 Å². The topological polar surface area (TPSA) is 67.2 Å². The Morgan fingerprint density at radius 2 is 1.75 bits per heavy atom. The molecule has 0 unspecified atom stereocenters. The second-order valence-electron chi connectivity index (χ2n) is 5.13. The van der Waals surface area contributed by atoms with Crippen molar-refractivity contribution in [3.8, 4) is 0 Å². The van der Waals surface area contributed by atoms with E-state index in [0.717, 1.165) is 24.9 Å². The summed E-state index contributed by atoms with van der Waals surface area (Å²) in [5.74, 6) is -0.0847. The van der Waals surface area contributed by atoms with Crippen LogP contribution in [-0.4, -0.2) is 18.0 Å². The third-order valence-corrected chi connectivity index (χ3v) is 4.08. The number of hydrogen-bond acceptors (Lipinski definition) is 3. The van der Waals surface area contributed by atoms with Gasteiger partial charge in [0, 0.05) is 17.6 Å². The van der Waals surface area contributed by atoms with Crippen LogP contribution in [0.25, 0.3) is 0 Å². The standard InChI is InChI=1S/C16H27N3O/c1-5-16(6-2,7-3)19-14-10-9-12(11-13(14)17)15(20)18-8-4/h9-11,19H,5-8,17H2,1-4H3,(H,18,20). The van der Waals surface area contributed by atoms with Crippen LogP contribution < -0.4 is 16.4 Å². The van der Waals surface area contributed by atoms with Crippen LogP contribution in [0.5, 0.6) is 0 Å². The highest BCUT2D eigenvalue weighted by Crippen LogP contribution is 2.29. The average molecular weight is 277 g/mol. The van der Waals surface area contributed by atoms with Crippen molar-refractivity contribution in [2.75, 3.05) is 17.6 Å². The molecule has 4 heteroatoms. The first-order chi connectivity index (χ1) is 9.51. The minimum absolute atomic E-state index is 0.0707. The van der Waals surface area contributed by atoms with Crippen LogP contribution in [0.2, 0.25) is 0 Å². The number of hydrogen-bond donors (Lipinski definition) is 3. The molecule has 0 bridgehead atoms. The third-order valence-electron chi connectivity index (χ3n) is 4.08. The van der Waals surface area contributed by atoms with Crippen LogP contribution >= 0.6 is 0 Å². The lowest BCUT2D eigenvalue weighted by atomic mass is 9.89. The number of nitrogens with one attached hydrogen (secondary N) is 2. The van der Waals surface area contributed by atoms with E-state index in [9.17, 15) is 4.79 Å². The van der Waals surface area contributed by atoms with E-state index in [1.54, 1.807) is 6.07 Å². The predicted octanol–water partition coefficient (Wildman–Crippen LogP) is 3.40. The number of anilines is 2. The average Bonchev–Trinajstić information content (AvgIpc) is 2.47. The van der Waals surface area contributed by atoms with E-state index in [4.69, 9.17) is 5.73 Å². The number of benzene rings is 1. The van der Waals surface area contributed by atoms with Gasteiger partial charge in [-0.25, -0.2) is 0 Å². The lowest BCUT2D eigenvalue weighted by molar-refractivity contribution is 0.0956. The molecule has 20 heavy (non-hydrogen) atoms. The summed E-state index contributed by atoms with van der Waals surface area (Å²) in [6.07, 6.45) is 3.12. The Kier molecular flexibility index (Phi) is 5.86. The fraction of sp³-hybridized carbons (Fsp3) is 0.562. The fourth-order valence-electron chi connectivity index (χ4n) is 2.38. The first-order valence-electron chi connectivity index (χ1n) is 7.47. The number of nitrogen functional groups attached to an aromatic ring is 1. The molecule has 0 saturated carbocycles. The number of nitrogens with two attached hydrogens (primary N) is 1. The highest BCUT2D eigenvalue weighted by Gasteiger charge is 2.24. The molecule has 0 fully saturated rings. The number of carbonyl (C=O) groups excluding carboxylic acids is 1. The Morgan fingerprint density at radius 1 is 1.15 bits per heavy atom. The van der Waals surface area contributed by atoms with Gasteiger partial charge in [0.05, 0.1) is 11.4 Å². The third kappa shape index (κ3) is 3.65. The Hall–Kier alpha value is -1.71. The number of rotatable bonds is 7. The SMILES string of the molecule is CCNC(=O)c1ccc(NC(CC)(CC)CC)c(N)c1. The first-order valence-corrected chi connectivity index (χ1v) is 7.47. The number of amides is 1. The second kappa shape index (κ2) is 7.17. The molecule has 112 valence electrons. The van der Waals surface area contributed by atoms with Crippen molar-refractivity contribution in [3.63, 3.8) is 0 Å². The monoisotopic (exact) mass is 277 g/mol. The Labute approximate surface area is 122 Å². The zero-order valence-corrected chi connectivity index (χ0v) is 13.0. The van der Waals surface area contributed by atoms with Crippen LogP contribution in [0.4, 0.5) is 11.4 Å². The van der Waals surface area contributed by atoms with Gasteiger partial charge in [-0.3, -0.25) is 4.79 Å². The van der Waals surface area contributed by atoms with Crippen LogP contribution in [0, 0.1) is 0 Å². The fourth-order valence-corrected chi connectivity index (χ4v) is 2.38. The summed E-state index contributed by atoms with van der Waals surface area (Å²) in [5, 5.41) is 6.33. The molecule has 0 aromatic heterocycles. The quantitative estimate of drug-likeness (QED) is 0.669. The summed E-state index contributed by atoms with van der Waals surface area (Å²) >= 11 is 0. The minimum atomic E-state index is -0.0847. The van der Waals surface area contributed by atoms with Gasteiger partial charge in [-0.1, -0.05) is 20.8 Å². The molecular weight excluding hydrogens is 250 g/mol.